The summed E-state index contributed by atoms with van der Waals surface area (Å²) in [4.78, 5) is 36.0. The first-order valence-electron chi connectivity index (χ1n) is 22.0. The first-order chi connectivity index (χ1) is 32.8. The number of phosphoric acid groups is 1. The van der Waals surface area contributed by atoms with Crippen molar-refractivity contribution in [1.82, 2.24) is 9.62 Å². The summed E-state index contributed by atoms with van der Waals surface area (Å²) in [5.74, 6) is -0.742. The Balaban J connectivity index is 1.02. The van der Waals surface area contributed by atoms with Crippen LogP contribution in [0.5, 0.6) is 0 Å². The Hall–Kier alpha value is -4.47. The number of amides is 1. The highest BCUT2D eigenvalue weighted by atomic mass is 35.5. The van der Waals surface area contributed by atoms with Crippen LogP contribution in [0.1, 0.15) is 47.7 Å². The predicted octanol–water partition coefficient (Wildman–Crippen LogP) is 9.17. The number of sulfone groups is 1. The molecule has 2 aliphatic rings. The fourth-order valence-corrected chi connectivity index (χ4v) is 12.0. The molecule has 5 aromatic carbocycles. The highest BCUT2D eigenvalue weighted by molar-refractivity contribution is 7.99. The van der Waals surface area contributed by atoms with Crippen molar-refractivity contribution in [3.05, 3.63) is 137 Å². The van der Waals surface area contributed by atoms with Gasteiger partial charge in [-0.2, -0.15) is 13.2 Å². The van der Waals surface area contributed by atoms with Crippen molar-refractivity contribution in [3.8, 4) is 11.1 Å². The van der Waals surface area contributed by atoms with Gasteiger partial charge in [-0.15, -0.1) is 11.8 Å². The van der Waals surface area contributed by atoms with Gasteiger partial charge < -0.3 is 24.7 Å². The number of alkyl halides is 3. The van der Waals surface area contributed by atoms with E-state index in [1.165, 1.54) is 23.9 Å². The van der Waals surface area contributed by atoms with Crippen LogP contribution in [-0.2, 0) is 33.7 Å². The van der Waals surface area contributed by atoms with Crippen LogP contribution in [-0.4, -0.2) is 101 Å². The minimum atomic E-state index is -6.10. The summed E-state index contributed by atoms with van der Waals surface area (Å²) < 4.78 is 121. The lowest BCUT2D eigenvalue weighted by Gasteiger charge is -2.35. The van der Waals surface area contributed by atoms with Gasteiger partial charge in [0.2, 0.25) is 0 Å². The van der Waals surface area contributed by atoms with Gasteiger partial charge in [-0.25, -0.2) is 26.1 Å². The Labute approximate surface area is 408 Å². The molecule has 0 aliphatic carbocycles. The van der Waals surface area contributed by atoms with Crippen LogP contribution in [0.15, 0.2) is 136 Å². The van der Waals surface area contributed by atoms with Crippen molar-refractivity contribution >= 4 is 68.3 Å². The Morgan fingerprint density at radius 1 is 0.870 bits per heavy atom. The number of ether oxygens (including phenoxy) is 1. The quantitative estimate of drug-likeness (QED) is 0.0452. The van der Waals surface area contributed by atoms with Gasteiger partial charge in [0.15, 0.2) is 0 Å². The molecular weight excluding hydrogens is 1000 g/mol. The second kappa shape index (κ2) is 22.7. The minimum Gasteiger partial charge on any atom is -0.380 e. The number of rotatable bonds is 19. The maximum Gasteiger partial charge on any atom is 0.501 e. The lowest BCUT2D eigenvalue weighted by atomic mass is 9.86. The van der Waals surface area contributed by atoms with Crippen LogP contribution in [0.25, 0.3) is 11.1 Å². The van der Waals surface area contributed by atoms with Crippen molar-refractivity contribution in [3.63, 3.8) is 0 Å². The smallest absolute Gasteiger partial charge is 0.380 e. The molecule has 4 N–H and O–H groups in total. The number of halogens is 4. The zero-order valence-corrected chi connectivity index (χ0v) is 41.1. The molecule has 0 radical (unpaired) electrons. The monoisotopic (exact) mass is 1050 g/mol. The van der Waals surface area contributed by atoms with Crippen molar-refractivity contribution < 1.29 is 58.4 Å². The summed E-state index contributed by atoms with van der Waals surface area (Å²) >= 11 is 7.53. The standard InChI is InChI=1S/C47H51ClF3N4O10PS3/c48-36-14-10-34(11-15-36)41-8-4-5-9-42(41)44(65-66(57,58)59)30-33-20-24-55(25-21-33)38-16-12-35(13-17-38)46(56)53-69(62,63)40-18-19-43(45(31-40)68(60,61)47(49,50)51)52-37(22-23-54-26-28-64-29-27-54)32-67-39-6-2-1-3-7-39/h1-19,31,33,37,44,52H,20-30,32H2,(H,53,56)(H2,57,58,59)/t37-,44-/m1/s1. The topological polar surface area (TPSA) is 192 Å². The van der Waals surface area contributed by atoms with E-state index in [0.29, 0.717) is 99.7 Å². The number of hydrogen-bond acceptors (Lipinski definition) is 12. The van der Waals surface area contributed by atoms with Gasteiger partial charge in [-0.3, -0.25) is 14.2 Å². The zero-order valence-electron chi connectivity index (χ0n) is 37.0. The number of piperidine rings is 1. The molecule has 22 heteroatoms. The van der Waals surface area contributed by atoms with E-state index < -0.39 is 66.7 Å². The fourth-order valence-electron chi connectivity index (χ4n) is 8.29. The maximum atomic E-state index is 14.2. The molecule has 0 saturated carbocycles. The molecule has 2 fully saturated rings. The molecule has 2 saturated heterocycles. The molecule has 7 rings (SSSR count). The zero-order chi connectivity index (χ0) is 49.4. The predicted molar refractivity (Wildman–Crippen MR) is 260 cm³/mol. The van der Waals surface area contributed by atoms with Crippen molar-refractivity contribution in [2.24, 2.45) is 5.92 Å². The summed E-state index contributed by atoms with van der Waals surface area (Å²) in [5.41, 5.74) is -3.42. The van der Waals surface area contributed by atoms with Crippen LogP contribution in [0.4, 0.5) is 24.5 Å². The molecule has 14 nitrogen and oxygen atoms in total. The van der Waals surface area contributed by atoms with E-state index in [0.717, 1.165) is 28.2 Å². The van der Waals surface area contributed by atoms with Gasteiger partial charge >= 0.3 is 13.3 Å². The van der Waals surface area contributed by atoms with E-state index in [9.17, 15) is 49.2 Å². The highest BCUT2D eigenvalue weighted by Crippen LogP contribution is 2.47. The van der Waals surface area contributed by atoms with E-state index in [-0.39, 0.29) is 11.5 Å². The molecule has 0 aromatic heterocycles. The number of phosphoric ester groups is 1. The summed E-state index contributed by atoms with van der Waals surface area (Å²) in [5, 5.41) is 3.51. The van der Waals surface area contributed by atoms with Crippen LogP contribution in [0, 0.1) is 5.92 Å². The molecule has 0 bridgehead atoms. The average molecular weight is 1050 g/mol. The maximum absolute atomic E-state index is 14.2. The number of carbonyl (C=O) groups excluding carboxylic acids is 1. The van der Waals surface area contributed by atoms with Crippen molar-refractivity contribution in [1.29, 1.82) is 0 Å². The Kier molecular flexibility index (Phi) is 17.3. The van der Waals surface area contributed by atoms with Gasteiger partial charge in [0.25, 0.3) is 25.8 Å². The summed E-state index contributed by atoms with van der Waals surface area (Å²) in [6.45, 7) is 3.99. The number of nitrogens with zero attached hydrogens (tertiary/aromatic N) is 2. The molecule has 0 unspecified atom stereocenters. The minimum absolute atomic E-state index is 0.0169. The molecular formula is C47H51ClF3N4O10PS3. The Bertz CT molecular complexity index is 2820. The van der Waals surface area contributed by atoms with Crippen LogP contribution < -0.4 is 14.9 Å². The van der Waals surface area contributed by atoms with E-state index in [2.05, 4.69) is 10.2 Å². The molecule has 2 heterocycles. The number of morpholine rings is 1. The van der Waals surface area contributed by atoms with Crippen LogP contribution >= 0.6 is 31.2 Å². The molecule has 370 valence electrons. The van der Waals surface area contributed by atoms with Crippen LogP contribution in [0.2, 0.25) is 5.02 Å². The normalized spacial score (nSPS) is 16.5. The number of sulfonamides is 1. The summed E-state index contributed by atoms with van der Waals surface area (Å²) in [7, 11) is -15.9. The van der Waals surface area contributed by atoms with Crippen LogP contribution in [0.3, 0.4) is 0 Å². The molecule has 2 aliphatic heterocycles. The second-order valence-corrected chi connectivity index (χ2v) is 23.0. The first-order valence-corrected chi connectivity index (χ1v) is 27.8. The SMILES string of the molecule is O=C(NS(=O)(=O)c1ccc(N[C@H](CCN2CCOCC2)CSc2ccccc2)c(S(=O)(=O)C(F)(F)F)c1)c1ccc(N2CCC(C[C@@H](OP(=O)(O)O)c3ccccc3-c3ccc(Cl)cc3)CC2)cc1. The molecule has 1 amide bonds. The molecule has 5 aromatic rings. The number of benzene rings is 5. The molecule has 2 atom stereocenters. The average Bonchev–Trinajstić information content (AvgIpc) is 3.32. The highest BCUT2D eigenvalue weighted by Gasteiger charge is 2.48. The number of carbonyl (C=O) groups is 1. The Morgan fingerprint density at radius 2 is 1.52 bits per heavy atom. The number of anilines is 2. The van der Waals surface area contributed by atoms with Gasteiger partial charge in [0, 0.05) is 65.7 Å². The number of thioether (sulfide) groups is 1. The third-order valence-corrected chi connectivity index (χ3v) is 16.7. The van der Waals surface area contributed by atoms with Gasteiger partial charge in [-0.1, -0.05) is 66.2 Å². The van der Waals surface area contributed by atoms with Gasteiger partial charge in [0.05, 0.1) is 29.9 Å². The Morgan fingerprint density at radius 3 is 2.17 bits per heavy atom. The van der Waals surface area contributed by atoms with E-state index in [4.69, 9.17) is 20.9 Å². The summed E-state index contributed by atoms with van der Waals surface area (Å²) in [6.07, 6.45) is 1.08. The van der Waals surface area contributed by atoms with Crippen molar-refractivity contribution in [2.75, 3.05) is 61.9 Å². The van der Waals surface area contributed by atoms with Crippen molar-refractivity contribution in [2.45, 2.75) is 58.0 Å². The third kappa shape index (κ3) is 14.1. The van der Waals surface area contributed by atoms with E-state index in [1.807, 2.05) is 64.2 Å². The van der Waals surface area contributed by atoms with E-state index in [1.54, 1.807) is 36.4 Å². The number of hydrogen-bond donors (Lipinski definition) is 4. The van der Waals surface area contributed by atoms with E-state index >= 15 is 0 Å². The van der Waals surface area contributed by atoms with Gasteiger partial charge in [-0.05, 0) is 115 Å². The fraction of sp³-hybridized carbons (Fsp3) is 0.340. The molecule has 69 heavy (non-hydrogen) atoms. The number of nitrogens with one attached hydrogen (secondary N) is 2. The molecule has 0 spiro atoms. The first kappa shape index (κ1) is 52.4. The second-order valence-electron chi connectivity index (χ2n) is 16.6. The lowest BCUT2D eigenvalue weighted by molar-refractivity contribution is -0.0436. The summed E-state index contributed by atoms with van der Waals surface area (Å²) in [6, 6.07) is 31.4. The lowest BCUT2D eigenvalue weighted by Crippen LogP contribution is -2.39. The van der Waals surface area contributed by atoms with Gasteiger partial charge in [0.1, 0.15) is 4.90 Å². The third-order valence-electron chi connectivity index (χ3n) is 11.9. The largest absolute Gasteiger partial charge is 0.501 e.